The Morgan fingerprint density at radius 1 is 1.26 bits per heavy atom. The van der Waals surface area contributed by atoms with E-state index in [4.69, 9.17) is 17.0 Å². The Morgan fingerprint density at radius 3 is 2.71 bits per heavy atom. The van der Waals surface area contributed by atoms with Gasteiger partial charge in [0.25, 0.3) is 17.5 Å². The fourth-order valence-electron chi connectivity index (χ4n) is 2.83. The van der Waals surface area contributed by atoms with Crippen LogP contribution in [0.1, 0.15) is 11.1 Å². The highest BCUT2D eigenvalue weighted by molar-refractivity contribution is 7.80. The number of non-ortho nitro benzene ring substituents is 1. The monoisotopic (exact) mass is 441 g/mol. The number of nitrogens with zero attached hydrogens (tertiary/aromatic N) is 2. The Balaban J connectivity index is 1.99. The lowest BCUT2D eigenvalue weighted by molar-refractivity contribution is -0.384. The van der Waals surface area contributed by atoms with Crippen LogP contribution >= 0.6 is 12.2 Å². The number of benzene rings is 2. The van der Waals surface area contributed by atoms with Gasteiger partial charge in [-0.15, -0.1) is 6.58 Å². The van der Waals surface area contributed by atoms with Crippen LogP contribution in [0.3, 0.4) is 0 Å². The average Bonchev–Trinajstić information content (AvgIpc) is 2.73. The van der Waals surface area contributed by atoms with Gasteiger partial charge >= 0.3 is 0 Å². The lowest BCUT2D eigenvalue weighted by Gasteiger charge is -2.27. The van der Waals surface area contributed by atoms with Gasteiger partial charge in [-0.1, -0.05) is 18.2 Å². The van der Waals surface area contributed by atoms with Gasteiger partial charge in [-0.2, -0.15) is 0 Å². The van der Waals surface area contributed by atoms with E-state index in [1.165, 1.54) is 48.6 Å². The van der Waals surface area contributed by atoms with Crippen molar-refractivity contribution in [1.29, 1.82) is 0 Å². The van der Waals surface area contributed by atoms with Crippen molar-refractivity contribution in [2.24, 2.45) is 0 Å². The van der Waals surface area contributed by atoms with Crippen LogP contribution < -0.4 is 10.1 Å². The van der Waals surface area contributed by atoms with E-state index in [1.54, 1.807) is 6.07 Å². The fourth-order valence-corrected chi connectivity index (χ4v) is 3.08. The highest BCUT2D eigenvalue weighted by atomic mass is 32.1. The van der Waals surface area contributed by atoms with Gasteiger partial charge in [0.05, 0.1) is 4.92 Å². The summed E-state index contributed by atoms with van der Waals surface area (Å²) in [5.41, 5.74) is 0.139. The molecule has 1 heterocycles. The zero-order valence-corrected chi connectivity index (χ0v) is 16.9. The van der Waals surface area contributed by atoms with Crippen LogP contribution in [-0.2, 0) is 16.2 Å². The zero-order chi connectivity index (χ0) is 22.5. The molecule has 0 bridgehead atoms. The van der Waals surface area contributed by atoms with Crippen molar-refractivity contribution in [3.05, 3.63) is 87.8 Å². The molecule has 1 fully saturated rings. The zero-order valence-electron chi connectivity index (χ0n) is 16.0. The molecular weight excluding hydrogens is 425 g/mol. The van der Waals surface area contributed by atoms with E-state index in [0.29, 0.717) is 5.56 Å². The molecule has 158 valence electrons. The molecule has 0 spiro atoms. The molecule has 0 radical (unpaired) electrons. The van der Waals surface area contributed by atoms with E-state index in [9.17, 15) is 24.1 Å². The van der Waals surface area contributed by atoms with Gasteiger partial charge in [-0.3, -0.25) is 29.9 Å². The summed E-state index contributed by atoms with van der Waals surface area (Å²) < 4.78 is 19.1. The predicted molar refractivity (Wildman–Crippen MR) is 114 cm³/mol. The molecule has 3 rings (SSSR count). The SMILES string of the molecule is C=CCN1C(=O)/C(=C/c2cc([N+](=O)[O-])ccc2OCc2cccc(F)c2)C(=O)NC1=S. The maximum absolute atomic E-state index is 13.4. The largest absolute Gasteiger partial charge is 0.488 e. The summed E-state index contributed by atoms with van der Waals surface area (Å²) in [6.45, 7) is 3.60. The van der Waals surface area contributed by atoms with Gasteiger partial charge in [-0.05, 0) is 42.1 Å². The molecule has 1 N–H and O–H groups in total. The second kappa shape index (κ2) is 9.26. The van der Waals surface area contributed by atoms with E-state index in [-0.39, 0.29) is 40.8 Å². The van der Waals surface area contributed by atoms with Crippen LogP contribution in [-0.4, -0.2) is 33.3 Å². The minimum absolute atomic E-state index is 0.0292. The third-order valence-corrected chi connectivity index (χ3v) is 4.61. The molecule has 10 heteroatoms. The number of carbonyl (C=O) groups excluding carboxylic acids is 2. The van der Waals surface area contributed by atoms with Crippen molar-refractivity contribution < 1.29 is 23.6 Å². The van der Waals surface area contributed by atoms with E-state index >= 15 is 0 Å². The molecule has 1 saturated heterocycles. The Bertz CT molecular complexity index is 1130. The normalized spacial score (nSPS) is 15.1. The molecule has 0 atom stereocenters. The van der Waals surface area contributed by atoms with Crippen molar-refractivity contribution in [3.63, 3.8) is 0 Å². The van der Waals surface area contributed by atoms with Crippen LogP contribution in [0.2, 0.25) is 0 Å². The van der Waals surface area contributed by atoms with Gasteiger partial charge in [-0.25, -0.2) is 4.39 Å². The molecule has 0 unspecified atom stereocenters. The molecule has 2 aromatic carbocycles. The van der Waals surface area contributed by atoms with Gasteiger partial charge in [0.2, 0.25) is 0 Å². The highest BCUT2D eigenvalue weighted by Gasteiger charge is 2.33. The van der Waals surface area contributed by atoms with Gasteiger partial charge in [0.15, 0.2) is 5.11 Å². The molecular formula is C21H16FN3O5S. The summed E-state index contributed by atoms with van der Waals surface area (Å²) in [6.07, 6.45) is 2.64. The van der Waals surface area contributed by atoms with Gasteiger partial charge in [0, 0.05) is 24.2 Å². The van der Waals surface area contributed by atoms with Crippen molar-refractivity contribution in [3.8, 4) is 5.75 Å². The molecule has 1 aliphatic rings. The summed E-state index contributed by atoms with van der Waals surface area (Å²) >= 11 is 5.00. The molecule has 0 aliphatic carbocycles. The number of ether oxygens (including phenoxy) is 1. The van der Waals surface area contributed by atoms with Crippen LogP contribution in [0.15, 0.2) is 60.7 Å². The molecule has 1 aliphatic heterocycles. The minimum atomic E-state index is -0.738. The van der Waals surface area contributed by atoms with E-state index in [0.717, 1.165) is 4.90 Å². The highest BCUT2D eigenvalue weighted by Crippen LogP contribution is 2.28. The lowest BCUT2D eigenvalue weighted by Crippen LogP contribution is -2.53. The number of nitrogens with one attached hydrogen (secondary N) is 1. The van der Waals surface area contributed by atoms with E-state index in [1.807, 2.05) is 0 Å². The first-order chi connectivity index (χ1) is 14.8. The smallest absolute Gasteiger partial charge is 0.270 e. The maximum Gasteiger partial charge on any atom is 0.270 e. The van der Waals surface area contributed by atoms with Crippen molar-refractivity contribution >= 4 is 40.9 Å². The Hall–Kier alpha value is -3.92. The third-order valence-electron chi connectivity index (χ3n) is 4.28. The first-order valence-corrected chi connectivity index (χ1v) is 9.36. The number of hydrogen-bond acceptors (Lipinski definition) is 6. The number of nitro benzene ring substituents is 1. The molecule has 0 saturated carbocycles. The second-order valence-electron chi connectivity index (χ2n) is 6.42. The first-order valence-electron chi connectivity index (χ1n) is 8.95. The number of thiocarbonyl (C=S) groups is 1. The van der Waals surface area contributed by atoms with Crippen LogP contribution in [0.4, 0.5) is 10.1 Å². The summed E-state index contributed by atoms with van der Waals surface area (Å²) in [7, 11) is 0. The topological polar surface area (TPSA) is 102 Å². The molecule has 2 amide bonds. The van der Waals surface area contributed by atoms with Crippen LogP contribution in [0.5, 0.6) is 5.75 Å². The van der Waals surface area contributed by atoms with Crippen LogP contribution in [0.25, 0.3) is 6.08 Å². The lowest BCUT2D eigenvalue weighted by atomic mass is 10.1. The molecule has 8 nitrogen and oxygen atoms in total. The number of hydrogen-bond donors (Lipinski definition) is 1. The predicted octanol–water partition coefficient (Wildman–Crippen LogP) is 3.13. The minimum Gasteiger partial charge on any atom is -0.488 e. The number of amides is 2. The maximum atomic E-state index is 13.4. The summed E-state index contributed by atoms with van der Waals surface area (Å²) in [6, 6.07) is 9.51. The molecule has 2 aromatic rings. The quantitative estimate of drug-likeness (QED) is 0.177. The van der Waals surface area contributed by atoms with Crippen molar-refractivity contribution in [2.75, 3.05) is 6.54 Å². The Kier molecular flexibility index (Phi) is 6.51. The first kappa shape index (κ1) is 21.8. The number of carbonyl (C=O) groups is 2. The van der Waals surface area contributed by atoms with E-state index in [2.05, 4.69) is 11.9 Å². The number of halogens is 1. The van der Waals surface area contributed by atoms with Crippen molar-refractivity contribution in [1.82, 2.24) is 10.2 Å². The second-order valence-corrected chi connectivity index (χ2v) is 6.81. The molecule has 0 aromatic heterocycles. The Labute approximate surface area is 181 Å². The standard InChI is InChI=1S/C21H16FN3O5S/c1-2-8-24-20(27)17(19(26)23-21(24)31)11-14-10-16(25(28)29)6-7-18(14)30-12-13-4-3-5-15(22)9-13/h2-7,9-11H,1,8,12H2,(H,23,26,31)/b17-11+. The Morgan fingerprint density at radius 2 is 2.03 bits per heavy atom. The summed E-state index contributed by atoms with van der Waals surface area (Å²) in [4.78, 5) is 36.8. The number of rotatable bonds is 7. The summed E-state index contributed by atoms with van der Waals surface area (Å²) in [5.74, 6) is -1.67. The number of nitro groups is 1. The van der Waals surface area contributed by atoms with E-state index < -0.39 is 22.6 Å². The molecule has 31 heavy (non-hydrogen) atoms. The fraction of sp³-hybridized carbons (Fsp3) is 0.0952. The van der Waals surface area contributed by atoms with Gasteiger partial charge < -0.3 is 4.74 Å². The van der Waals surface area contributed by atoms with Crippen molar-refractivity contribution in [2.45, 2.75) is 6.61 Å². The summed E-state index contributed by atoms with van der Waals surface area (Å²) in [5, 5.41) is 13.5. The van der Waals surface area contributed by atoms with Gasteiger partial charge in [0.1, 0.15) is 23.7 Å². The third kappa shape index (κ3) is 4.98. The van der Waals surface area contributed by atoms with Crippen LogP contribution in [0, 0.1) is 15.9 Å². The average molecular weight is 441 g/mol.